The van der Waals surface area contributed by atoms with Crippen LogP contribution in [0.15, 0.2) is 36.5 Å². The number of anilines is 1. The van der Waals surface area contributed by atoms with Gasteiger partial charge in [-0.05, 0) is 18.6 Å². The topological polar surface area (TPSA) is 37.8 Å². The first-order valence-corrected chi connectivity index (χ1v) is 5.65. The highest BCUT2D eigenvalue weighted by atomic mass is 19.4. The molecule has 0 spiro atoms. The molecule has 2 rings (SSSR count). The van der Waals surface area contributed by atoms with Crippen molar-refractivity contribution in [3.05, 3.63) is 53.3 Å². The third-order valence-corrected chi connectivity index (χ3v) is 2.48. The minimum absolute atomic E-state index is 0.0312. The molecule has 0 aliphatic carbocycles. The van der Waals surface area contributed by atoms with Crippen LogP contribution in [0.4, 0.5) is 19.1 Å². The third-order valence-electron chi connectivity index (χ3n) is 2.48. The van der Waals surface area contributed by atoms with E-state index in [9.17, 15) is 13.2 Å². The first kappa shape index (κ1) is 13.3. The van der Waals surface area contributed by atoms with E-state index in [0.717, 1.165) is 23.4 Å². The molecule has 0 aliphatic heterocycles. The predicted molar refractivity (Wildman–Crippen MR) is 65.5 cm³/mol. The van der Waals surface area contributed by atoms with Crippen molar-refractivity contribution in [1.29, 1.82) is 0 Å². The van der Waals surface area contributed by atoms with Crippen LogP contribution in [0.25, 0.3) is 0 Å². The molecule has 0 saturated heterocycles. The standard InChI is InChI=1S/C13H12F3N3/c1-9-3-2-4-10(7-9)8-18-12-17-6-5-11(19-12)13(14,15)16/h2-7H,8H2,1H3,(H,17,18,19). The molecule has 0 bridgehead atoms. The van der Waals surface area contributed by atoms with E-state index in [2.05, 4.69) is 15.3 Å². The van der Waals surface area contributed by atoms with Gasteiger partial charge in [0.15, 0.2) is 0 Å². The lowest BCUT2D eigenvalue weighted by atomic mass is 10.1. The van der Waals surface area contributed by atoms with Gasteiger partial charge in [-0.3, -0.25) is 0 Å². The number of aryl methyl sites for hydroxylation is 1. The molecule has 1 aromatic carbocycles. The number of nitrogens with one attached hydrogen (secondary N) is 1. The Kier molecular flexibility index (Phi) is 3.69. The van der Waals surface area contributed by atoms with Crippen molar-refractivity contribution >= 4 is 5.95 Å². The number of nitrogens with zero attached hydrogens (tertiary/aromatic N) is 2. The first-order valence-electron chi connectivity index (χ1n) is 5.65. The van der Waals surface area contributed by atoms with E-state index in [1.807, 2.05) is 31.2 Å². The predicted octanol–water partition coefficient (Wildman–Crippen LogP) is 3.42. The highest BCUT2D eigenvalue weighted by molar-refractivity contribution is 5.30. The van der Waals surface area contributed by atoms with Crippen molar-refractivity contribution in [3.8, 4) is 0 Å². The van der Waals surface area contributed by atoms with Gasteiger partial charge in [-0.25, -0.2) is 9.97 Å². The summed E-state index contributed by atoms with van der Waals surface area (Å²) in [6.07, 6.45) is -3.36. The van der Waals surface area contributed by atoms with Gasteiger partial charge < -0.3 is 5.32 Å². The lowest BCUT2D eigenvalue weighted by Gasteiger charge is -2.08. The zero-order valence-electron chi connectivity index (χ0n) is 10.2. The average Bonchev–Trinajstić information content (AvgIpc) is 2.36. The normalized spacial score (nSPS) is 11.4. The summed E-state index contributed by atoms with van der Waals surface area (Å²) in [5.74, 6) is -0.0312. The summed E-state index contributed by atoms with van der Waals surface area (Å²) in [7, 11) is 0. The monoisotopic (exact) mass is 267 g/mol. The molecule has 1 N–H and O–H groups in total. The Morgan fingerprint density at radius 2 is 2.00 bits per heavy atom. The number of rotatable bonds is 3. The molecule has 0 aliphatic rings. The number of benzene rings is 1. The molecule has 1 aromatic heterocycles. The molecule has 0 saturated carbocycles. The van der Waals surface area contributed by atoms with Crippen molar-refractivity contribution in [3.63, 3.8) is 0 Å². The largest absolute Gasteiger partial charge is 0.433 e. The summed E-state index contributed by atoms with van der Waals surface area (Å²) in [4.78, 5) is 7.20. The Balaban J connectivity index is 2.08. The van der Waals surface area contributed by atoms with E-state index in [1.54, 1.807) is 0 Å². The van der Waals surface area contributed by atoms with Gasteiger partial charge in [0, 0.05) is 12.7 Å². The SMILES string of the molecule is Cc1cccc(CNc2nccc(C(F)(F)F)n2)c1. The molecule has 2 aromatic rings. The van der Waals surface area contributed by atoms with Crippen LogP contribution >= 0.6 is 0 Å². The highest BCUT2D eigenvalue weighted by Gasteiger charge is 2.32. The zero-order valence-corrected chi connectivity index (χ0v) is 10.2. The second-order valence-corrected chi connectivity index (χ2v) is 4.11. The quantitative estimate of drug-likeness (QED) is 0.926. The van der Waals surface area contributed by atoms with Crippen molar-refractivity contribution in [2.24, 2.45) is 0 Å². The molecule has 0 radical (unpaired) electrons. The van der Waals surface area contributed by atoms with Crippen molar-refractivity contribution in [1.82, 2.24) is 9.97 Å². The van der Waals surface area contributed by atoms with Gasteiger partial charge >= 0.3 is 6.18 Å². The fraction of sp³-hybridized carbons (Fsp3) is 0.231. The van der Waals surface area contributed by atoms with Gasteiger partial charge in [-0.15, -0.1) is 0 Å². The Morgan fingerprint density at radius 1 is 1.21 bits per heavy atom. The minimum atomic E-state index is -4.46. The Morgan fingerprint density at radius 3 is 2.68 bits per heavy atom. The van der Waals surface area contributed by atoms with Crippen LogP contribution in [-0.2, 0) is 12.7 Å². The highest BCUT2D eigenvalue weighted by Crippen LogP contribution is 2.27. The average molecular weight is 267 g/mol. The molecular weight excluding hydrogens is 255 g/mol. The van der Waals surface area contributed by atoms with Crippen LogP contribution in [0.3, 0.4) is 0 Å². The van der Waals surface area contributed by atoms with Crippen molar-refractivity contribution < 1.29 is 13.2 Å². The lowest BCUT2D eigenvalue weighted by molar-refractivity contribution is -0.141. The molecule has 3 nitrogen and oxygen atoms in total. The maximum Gasteiger partial charge on any atom is 0.433 e. The number of aromatic nitrogens is 2. The molecule has 0 fully saturated rings. The number of hydrogen-bond acceptors (Lipinski definition) is 3. The van der Waals surface area contributed by atoms with Crippen LogP contribution < -0.4 is 5.32 Å². The Bertz CT molecular complexity index is 567. The fourth-order valence-electron chi connectivity index (χ4n) is 1.60. The molecule has 6 heteroatoms. The smallest absolute Gasteiger partial charge is 0.350 e. The Labute approximate surface area is 108 Å². The fourth-order valence-corrected chi connectivity index (χ4v) is 1.60. The summed E-state index contributed by atoms with van der Waals surface area (Å²) in [5.41, 5.74) is 1.10. The maximum absolute atomic E-state index is 12.5. The lowest BCUT2D eigenvalue weighted by Crippen LogP contribution is -2.11. The van der Waals surface area contributed by atoms with Crippen LogP contribution in [0.2, 0.25) is 0 Å². The molecule has 1 heterocycles. The molecule has 0 unspecified atom stereocenters. The Hall–Kier alpha value is -2.11. The van der Waals surface area contributed by atoms with E-state index >= 15 is 0 Å². The van der Waals surface area contributed by atoms with E-state index in [0.29, 0.717) is 6.54 Å². The van der Waals surface area contributed by atoms with Crippen LogP contribution in [-0.4, -0.2) is 9.97 Å². The summed E-state index contributed by atoms with van der Waals surface area (Å²) in [5, 5.41) is 2.78. The summed E-state index contributed by atoms with van der Waals surface area (Å²) >= 11 is 0. The molecule has 100 valence electrons. The molecule has 19 heavy (non-hydrogen) atoms. The van der Waals surface area contributed by atoms with Gasteiger partial charge in [0.2, 0.25) is 5.95 Å². The first-order chi connectivity index (χ1) is 8.95. The van der Waals surface area contributed by atoms with Crippen LogP contribution in [0.5, 0.6) is 0 Å². The summed E-state index contributed by atoms with van der Waals surface area (Å²) < 4.78 is 37.4. The number of halogens is 3. The molecule has 0 amide bonds. The molecular formula is C13H12F3N3. The second-order valence-electron chi connectivity index (χ2n) is 4.11. The van der Waals surface area contributed by atoms with Gasteiger partial charge in [0.1, 0.15) is 5.69 Å². The van der Waals surface area contributed by atoms with E-state index in [1.165, 1.54) is 0 Å². The van der Waals surface area contributed by atoms with Gasteiger partial charge in [0.25, 0.3) is 0 Å². The third kappa shape index (κ3) is 3.67. The number of alkyl halides is 3. The zero-order chi connectivity index (χ0) is 13.9. The summed E-state index contributed by atoms with van der Waals surface area (Å²) in [6, 6.07) is 8.51. The van der Waals surface area contributed by atoms with E-state index in [4.69, 9.17) is 0 Å². The van der Waals surface area contributed by atoms with Crippen LogP contribution in [0.1, 0.15) is 16.8 Å². The van der Waals surface area contributed by atoms with Gasteiger partial charge in [0.05, 0.1) is 0 Å². The van der Waals surface area contributed by atoms with Crippen LogP contribution in [0, 0.1) is 6.92 Å². The second kappa shape index (κ2) is 5.26. The summed E-state index contributed by atoms with van der Waals surface area (Å²) in [6.45, 7) is 2.33. The molecule has 0 atom stereocenters. The maximum atomic E-state index is 12.5. The number of hydrogen-bond donors (Lipinski definition) is 1. The van der Waals surface area contributed by atoms with E-state index < -0.39 is 11.9 Å². The van der Waals surface area contributed by atoms with Crippen molar-refractivity contribution in [2.45, 2.75) is 19.6 Å². The van der Waals surface area contributed by atoms with Gasteiger partial charge in [-0.2, -0.15) is 13.2 Å². The van der Waals surface area contributed by atoms with Crippen molar-refractivity contribution in [2.75, 3.05) is 5.32 Å². The minimum Gasteiger partial charge on any atom is -0.350 e. The van der Waals surface area contributed by atoms with E-state index in [-0.39, 0.29) is 5.95 Å². The van der Waals surface area contributed by atoms with Gasteiger partial charge in [-0.1, -0.05) is 29.8 Å².